The second-order valence-corrected chi connectivity index (χ2v) is 4.50. The van der Waals surface area contributed by atoms with Crippen molar-refractivity contribution >= 4 is 11.8 Å². The standard InChI is InChI=1S/C16H16N2O2/c17-15(19)16(20)18(11-13-7-3-1-4-8-13)12-14-9-5-2-6-10-14/h1-10H,11-12H2,(H2,17,19). The van der Waals surface area contributed by atoms with E-state index >= 15 is 0 Å². The molecular formula is C16H16N2O2. The van der Waals surface area contributed by atoms with Gasteiger partial charge in [-0.2, -0.15) is 0 Å². The van der Waals surface area contributed by atoms with Crippen LogP contribution in [-0.4, -0.2) is 16.7 Å². The van der Waals surface area contributed by atoms with Gasteiger partial charge in [-0.25, -0.2) is 0 Å². The second kappa shape index (κ2) is 6.52. The topological polar surface area (TPSA) is 63.4 Å². The highest BCUT2D eigenvalue weighted by Gasteiger charge is 2.19. The Morgan fingerprint density at radius 1 is 0.800 bits per heavy atom. The van der Waals surface area contributed by atoms with Crippen LogP contribution in [0.4, 0.5) is 0 Å². The third kappa shape index (κ3) is 3.68. The van der Waals surface area contributed by atoms with Crippen molar-refractivity contribution in [2.45, 2.75) is 13.1 Å². The SMILES string of the molecule is NC(=O)C(=O)N(Cc1ccccc1)Cc1ccccc1. The van der Waals surface area contributed by atoms with Crippen molar-refractivity contribution in [3.63, 3.8) is 0 Å². The number of benzene rings is 2. The summed E-state index contributed by atoms with van der Waals surface area (Å²) in [5, 5.41) is 0. The number of hydrogen-bond acceptors (Lipinski definition) is 2. The molecule has 0 atom stereocenters. The maximum absolute atomic E-state index is 11.9. The average Bonchev–Trinajstić information content (AvgIpc) is 2.48. The maximum atomic E-state index is 11.9. The molecule has 0 fully saturated rings. The maximum Gasteiger partial charge on any atom is 0.312 e. The van der Waals surface area contributed by atoms with E-state index in [1.165, 1.54) is 4.90 Å². The van der Waals surface area contributed by atoms with Gasteiger partial charge in [0.15, 0.2) is 0 Å². The molecule has 0 aliphatic carbocycles. The summed E-state index contributed by atoms with van der Waals surface area (Å²) in [5.41, 5.74) is 7.03. The van der Waals surface area contributed by atoms with Gasteiger partial charge in [0, 0.05) is 13.1 Å². The van der Waals surface area contributed by atoms with E-state index in [1.54, 1.807) is 0 Å². The smallest absolute Gasteiger partial charge is 0.312 e. The minimum Gasteiger partial charge on any atom is -0.361 e. The van der Waals surface area contributed by atoms with E-state index in [2.05, 4.69) is 0 Å². The molecule has 2 aromatic rings. The van der Waals surface area contributed by atoms with Crippen LogP contribution in [0.15, 0.2) is 60.7 Å². The van der Waals surface area contributed by atoms with E-state index < -0.39 is 11.8 Å². The molecule has 0 bridgehead atoms. The van der Waals surface area contributed by atoms with Crippen LogP contribution in [0.5, 0.6) is 0 Å². The number of primary amides is 1. The van der Waals surface area contributed by atoms with Crippen molar-refractivity contribution in [2.75, 3.05) is 0 Å². The third-order valence-electron chi connectivity index (χ3n) is 2.93. The largest absolute Gasteiger partial charge is 0.361 e. The van der Waals surface area contributed by atoms with Gasteiger partial charge in [-0.3, -0.25) is 9.59 Å². The van der Waals surface area contributed by atoms with Gasteiger partial charge in [0.25, 0.3) is 0 Å². The van der Waals surface area contributed by atoms with Crippen molar-refractivity contribution in [2.24, 2.45) is 5.73 Å². The van der Waals surface area contributed by atoms with Crippen LogP contribution < -0.4 is 5.73 Å². The molecule has 0 aliphatic heterocycles. The van der Waals surface area contributed by atoms with Crippen molar-refractivity contribution in [3.8, 4) is 0 Å². The molecule has 20 heavy (non-hydrogen) atoms. The fraction of sp³-hybridized carbons (Fsp3) is 0.125. The lowest BCUT2D eigenvalue weighted by atomic mass is 10.1. The van der Waals surface area contributed by atoms with Crippen LogP contribution in [0.25, 0.3) is 0 Å². The van der Waals surface area contributed by atoms with Crippen LogP contribution in [0.3, 0.4) is 0 Å². The Labute approximate surface area is 117 Å². The Bertz CT molecular complexity index is 540. The van der Waals surface area contributed by atoms with Crippen LogP contribution in [0, 0.1) is 0 Å². The van der Waals surface area contributed by atoms with E-state index in [-0.39, 0.29) is 0 Å². The molecule has 4 heteroatoms. The normalized spacial score (nSPS) is 10.0. The minimum atomic E-state index is -0.933. The van der Waals surface area contributed by atoms with Crippen molar-refractivity contribution < 1.29 is 9.59 Å². The van der Waals surface area contributed by atoms with Gasteiger partial charge in [0.1, 0.15) is 0 Å². The number of amides is 2. The molecule has 0 saturated heterocycles. The van der Waals surface area contributed by atoms with Crippen molar-refractivity contribution in [3.05, 3.63) is 71.8 Å². The summed E-state index contributed by atoms with van der Waals surface area (Å²) >= 11 is 0. The summed E-state index contributed by atoms with van der Waals surface area (Å²) in [7, 11) is 0. The molecule has 102 valence electrons. The molecule has 0 aliphatic rings. The number of carbonyl (C=O) groups excluding carboxylic acids is 2. The molecule has 0 unspecified atom stereocenters. The molecule has 0 saturated carbocycles. The molecule has 4 nitrogen and oxygen atoms in total. The Kier molecular flexibility index (Phi) is 4.50. The highest BCUT2D eigenvalue weighted by molar-refractivity contribution is 6.34. The van der Waals surface area contributed by atoms with Crippen LogP contribution >= 0.6 is 0 Å². The monoisotopic (exact) mass is 268 g/mol. The predicted octanol–water partition coefficient (Wildman–Crippen LogP) is 1.70. The first-order valence-electron chi connectivity index (χ1n) is 6.33. The Balaban J connectivity index is 2.17. The van der Waals surface area contributed by atoms with Gasteiger partial charge in [-0.05, 0) is 11.1 Å². The third-order valence-corrected chi connectivity index (χ3v) is 2.93. The van der Waals surface area contributed by atoms with Gasteiger partial charge in [-0.15, -0.1) is 0 Å². The van der Waals surface area contributed by atoms with Gasteiger partial charge in [0.05, 0.1) is 0 Å². The summed E-state index contributed by atoms with van der Waals surface area (Å²) in [5.74, 6) is -1.60. The lowest BCUT2D eigenvalue weighted by Gasteiger charge is -2.21. The molecule has 0 aromatic heterocycles. The Hall–Kier alpha value is -2.62. The quantitative estimate of drug-likeness (QED) is 0.858. The highest BCUT2D eigenvalue weighted by Crippen LogP contribution is 2.10. The van der Waals surface area contributed by atoms with Crippen LogP contribution in [-0.2, 0) is 22.7 Å². The molecule has 0 spiro atoms. The fourth-order valence-corrected chi connectivity index (χ4v) is 1.96. The first kappa shape index (κ1) is 13.8. The molecule has 0 heterocycles. The summed E-state index contributed by atoms with van der Waals surface area (Å²) in [4.78, 5) is 24.5. The molecule has 2 aromatic carbocycles. The zero-order valence-electron chi connectivity index (χ0n) is 11.0. The fourth-order valence-electron chi connectivity index (χ4n) is 1.96. The number of nitrogens with zero attached hydrogens (tertiary/aromatic N) is 1. The molecular weight excluding hydrogens is 252 g/mol. The Morgan fingerprint density at radius 2 is 1.20 bits per heavy atom. The van der Waals surface area contributed by atoms with E-state index in [4.69, 9.17) is 5.73 Å². The van der Waals surface area contributed by atoms with Gasteiger partial charge in [-0.1, -0.05) is 60.7 Å². The molecule has 2 N–H and O–H groups in total. The molecule has 2 amide bonds. The highest BCUT2D eigenvalue weighted by atomic mass is 16.2. The predicted molar refractivity (Wildman–Crippen MR) is 76.3 cm³/mol. The average molecular weight is 268 g/mol. The van der Waals surface area contributed by atoms with E-state index in [1.807, 2.05) is 60.7 Å². The summed E-state index contributed by atoms with van der Waals surface area (Å²) in [6, 6.07) is 19.0. The number of carbonyl (C=O) groups is 2. The summed E-state index contributed by atoms with van der Waals surface area (Å²) in [6.07, 6.45) is 0. The number of hydrogen-bond donors (Lipinski definition) is 1. The minimum absolute atomic E-state index is 0.359. The zero-order chi connectivity index (χ0) is 14.4. The summed E-state index contributed by atoms with van der Waals surface area (Å²) < 4.78 is 0. The second-order valence-electron chi connectivity index (χ2n) is 4.50. The van der Waals surface area contributed by atoms with E-state index in [0.29, 0.717) is 13.1 Å². The van der Waals surface area contributed by atoms with E-state index in [0.717, 1.165) is 11.1 Å². The molecule has 0 radical (unpaired) electrons. The lowest BCUT2D eigenvalue weighted by Crippen LogP contribution is -2.39. The summed E-state index contributed by atoms with van der Waals surface area (Å²) in [6.45, 7) is 0.717. The first-order chi connectivity index (χ1) is 9.66. The van der Waals surface area contributed by atoms with Gasteiger partial charge in [0.2, 0.25) is 0 Å². The van der Waals surface area contributed by atoms with Crippen LogP contribution in [0.1, 0.15) is 11.1 Å². The number of rotatable bonds is 4. The lowest BCUT2D eigenvalue weighted by molar-refractivity contribution is -0.145. The van der Waals surface area contributed by atoms with Crippen molar-refractivity contribution in [1.29, 1.82) is 0 Å². The zero-order valence-corrected chi connectivity index (χ0v) is 11.0. The van der Waals surface area contributed by atoms with E-state index in [9.17, 15) is 9.59 Å². The molecule has 2 rings (SSSR count). The Morgan fingerprint density at radius 3 is 1.55 bits per heavy atom. The van der Waals surface area contributed by atoms with Gasteiger partial charge >= 0.3 is 11.8 Å². The van der Waals surface area contributed by atoms with Gasteiger partial charge < -0.3 is 10.6 Å². The number of nitrogens with two attached hydrogens (primary N) is 1. The first-order valence-corrected chi connectivity index (χ1v) is 6.33. The van der Waals surface area contributed by atoms with Crippen LogP contribution in [0.2, 0.25) is 0 Å². The van der Waals surface area contributed by atoms with Crippen molar-refractivity contribution in [1.82, 2.24) is 4.90 Å².